The number of rotatable bonds is 10. The van der Waals surface area contributed by atoms with Crippen molar-refractivity contribution in [3.8, 4) is 0 Å². The van der Waals surface area contributed by atoms with Crippen molar-refractivity contribution in [2.45, 2.75) is 25.7 Å². The molecule has 0 bridgehead atoms. The number of nitrogens with zero attached hydrogens (tertiary/aromatic N) is 3. The number of carbonyl (C=O) groups excluding carboxylic acids is 1. The minimum Gasteiger partial charge on any atom is -0.372 e. The number of amides is 1. The SMILES string of the molecule is CCN(CC)c1ccc(/C=N\NC(=O)CN(c2ccc(Cl)cc2)S(=O)(=O)c2ccc(C)cc2)cc1. The molecule has 9 heteroatoms. The van der Waals surface area contributed by atoms with Crippen molar-refractivity contribution in [3.63, 3.8) is 0 Å². The van der Waals surface area contributed by atoms with Crippen LogP contribution in [0.5, 0.6) is 0 Å². The molecule has 0 saturated heterocycles. The van der Waals surface area contributed by atoms with Crippen LogP contribution in [-0.4, -0.2) is 40.2 Å². The molecule has 0 unspecified atom stereocenters. The van der Waals surface area contributed by atoms with Crippen LogP contribution in [0.1, 0.15) is 25.0 Å². The molecule has 0 spiro atoms. The largest absolute Gasteiger partial charge is 0.372 e. The molecule has 0 aromatic heterocycles. The van der Waals surface area contributed by atoms with Crippen molar-refractivity contribution in [1.29, 1.82) is 0 Å². The Bertz CT molecular complexity index is 1260. The van der Waals surface area contributed by atoms with Crippen molar-refractivity contribution in [1.82, 2.24) is 5.43 Å². The van der Waals surface area contributed by atoms with Gasteiger partial charge in [-0.1, -0.05) is 41.4 Å². The van der Waals surface area contributed by atoms with Gasteiger partial charge in [-0.25, -0.2) is 13.8 Å². The molecule has 3 rings (SSSR count). The van der Waals surface area contributed by atoms with E-state index in [0.29, 0.717) is 10.7 Å². The van der Waals surface area contributed by atoms with Gasteiger partial charge in [0.25, 0.3) is 15.9 Å². The summed E-state index contributed by atoms with van der Waals surface area (Å²) >= 11 is 5.97. The summed E-state index contributed by atoms with van der Waals surface area (Å²) in [4.78, 5) is 15.0. The van der Waals surface area contributed by atoms with E-state index in [9.17, 15) is 13.2 Å². The molecular weight excluding hydrogens is 484 g/mol. The van der Waals surface area contributed by atoms with E-state index < -0.39 is 22.5 Å². The van der Waals surface area contributed by atoms with Gasteiger partial charge in [0, 0.05) is 23.8 Å². The Labute approximate surface area is 212 Å². The number of halogens is 1. The number of hydrogen-bond acceptors (Lipinski definition) is 5. The van der Waals surface area contributed by atoms with Crippen LogP contribution in [-0.2, 0) is 14.8 Å². The molecule has 3 aromatic carbocycles. The fraction of sp³-hybridized carbons (Fsp3) is 0.231. The summed E-state index contributed by atoms with van der Waals surface area (Å²) in [6, 6.07) is 20.5. The maximum absolute atomic E-state index is 13.4. The molecule has 35 heavy (non-hydrogen) atoms. The molecule has 184 valence electrons. The van der Waals surface area contributed by atoms with Gasteiger partial charge in [0.1, 0.15) is 6.54 Å². The number of hydrazone groups is 1. The average Bonchev–Trinajstić information content (AvgIpc) is 2.85. The molecule has 3 aromatic rings. The van der Waals surface area contributed by atoms with Crippen LogP contribution in [0.15, 0.2) is 82.8 Å². The molecule has 1 amide bonds. The van der Waals surface area contributed by atoms with Crippen LogP contribution in [0.3, 0.4) is 0 Å². The second-order valence-corrected chi connectivity index (χ2v) is 10.2. The zero-order valence-corrected chi connectivity index (χ0v) is 21.6. The standard InChI is InChI=1S/C26H29ClN4O3S/c1-4-30(5-2)23-12-8-21(9-13-23)18-28-29-26(32)19-31(24-14-10-22(27)11-15-24)35(33,34)25-16-6-20(3)7-17-25/h6-18H,4-5,19H2,1-3H3,(H,29,32)/b28-18-. The number of sulfonamides is 1. The van der Waals surface area contributed by atoms with Crippen LogP contribution >= 0.6 is 11.6 Å². The highest BCUT2D eigenvalue weighted by Crippen LogP contribution is 2.25. The maximum atomic E-state index is 13.4. The maximum Gasteiger partial charge on any atom is 0.264 e. The lowest BCUT2D eigenvalue weighted by Gasteiger charge is -2.23. The molecule has 0 aliphatic heterocycles. The molecule has 0 aliphatic rings. The first-order valence-electron chi connectivity index (χ1n) is 11.3. The van der Waals surface area contributed by atoms with E-state index in [-0.39, 0.29) is 4.90 Å². The lowest BCUT2D eigenvalue weighted by molar-refractivity contribution is -0.119. The highest BCUT2D eigenvalue weighted by Gasteiger charge is 2.27. The topological polar surface area (TPSA) is 82.1 Å². The summed E-state index contributed by atoms with van der Waals surface area (Å²) in [7, 11) is -4.00. The minimum absolute atomic E-state index is 0.0858. The molecular formula is C26H29ClN4O3S. The van der Waals surface area contributed by atoms with Crippen LogP contribution in [0, 0.1) is 6.92 Å². The average molecular weight is 513 g/mol. The van der Waals surface area contributed by atoms with Crippen LogP contribution < -0.4 is 14.6 Å². The highest BCUT2D eigenvalue weighted by molar-refractivity contribution is 7.92. The fourth-order valence-corrected chi connectivity index (χ4v) is 5.01. The number of benzene rings is 3. The van der Waals surface area contributed by atoms with E-state index >= 15 is 0 Å². The van der Waals surface area contributed by atoms with Gasteiger partial charge in [0.2, 0.25) is 0 Å². The van der Waals surface area contributed by atoms with E-state index in [4.69, 9.17) is 11.6 Å². The summed E-state index contributed by atoms with van der Waals surface area (Å²) in [5.74, 6) is -0.577. The third kappa shape index (κ3) is 6.83. The van der Waals surface area contributed by atoms with E-state index in [1.54, 1.807) is 36.4 Å². The summed E-state index contributed by atoms with van der Waals surface area (Å²) in [5, 5.41) is 4.46. The van der Waals surface area contributed by atoms with Gasteiger partial charge in [-0.2, -0.15) is 5.10 Å². The van der Waals surface area contributed by atoms with Gasteiger partial charge in [0.15, 0.2) is 0 Å². The van der Waals surface area contributed by atoms with Gasteiger partial charge in [-0.3, -0.25) is 9.10 Å². The lowest BCUT2D eigenvalue weighted by atomic mass is 10.2. The van der Waals surface area contributed by atoms with Crippen LogP contribution in [0.25, 0.3) is 0 Å². The zero-order chi connectivity index (χ0) is 25.4. The van der Waals surface area contributed by atoms with Gasteiger partial charge >= 0.3 is 0 Å². The van der Waals surface area contributed by atoms with E-state index in [0.717, 1.165) is 34.2 Å². The Morgan fingerprint density at radius 3 is 2.06 bits per heavy atom. The quantitative estimate of drug-likeness (QED) is 0.311. The molecule has 0 fully saturated rings. The van der Waals surface area contributed by atoms with Crippen molar-refractivity contribution in [3.05, 3.63) is 88.9 Å². The first-order valence-corrected chi connectivity index (χ1v) is 13.1. The van der Waals surface area contributed by atoms with Crippen LogP contribution in [0.4, 0.5) is 11.4 Å². The minimum atomic E-state index is -4.00. The molecule has 0 saturated carbocycles. The molecule has 7 nitrogen and oxygen atoms in total. The van der Waals surface area contributed by atoms with Crippen molar-refractivity contribution in [2.75, 3.05) is 28.8 Å². The predicted octanol–water partition coefficient (Wildman–Crippen LogP) is 4.84. The molecule has 1 N–H and O–H groups in total. The smallest absolute Gasteiger partial charge is 0.264 e. The van der Waals surface area contributed by atoms with Gasteiger partial charge in [-0.15, -0.1) is 0 Å². The number of anilines is 2. The number of aryl methyl sites for hydroxylation is 1. The lowest BCUT2D eigenvalue weighted by Crippen LogP contribution is -2.39. The summed E-state index contributed by atoms with van der Waals surface area (Å²) in [6.07, 6.45) is 1.52. The van der Waals surface area contributed by atoms with Crippen molar-refractivity contribution < 1.29 is 13.2 Å². The Morgan fingerprint density at radius 1 is 0.914 bits per heavy atom. The molecule has 0 heterocycles. The first-order chi connectivity index (χ1) is 16.7. The summed E-state index contributed by atoms with van der Waals surface area (Å²) < 4.78 is 27.8. The third-order valence-corrected chi connectivity index (χ3v) is 7.48. The normalized spacial score (nSPS) is 11.4. The zero-order valence-electron chi connectivity index (χ0n) is 20.0. The van der Waals surface area contributed by atoms with Crippen molar-refractivity contribution >= 4 is 45.1 Å². The Balaban J connectivity index is 1.75. The summed E-state index contributed by atoms with van der Waals surface area (Å²) in [6.45, 7) is 7.44. The van der Waals surface area contributed by atoms with Crippen LogP contribution in [0.2, 0.25) is 5.02 Å². The highest BCUT2D eigenvalue weighted by atomic mass is 35.5. The summed E-state index contributed by atoms with van der Waals surface area (Å²) in [5.41, 5.74) is 5.59. The van der Waals surface area contributed by atoms with E-state index in [1.165, 1.54) is 18.3 Å². The Kier molecular flexibility index (Phi) is 8.89. The third-order valence-electron chi connectivity index (χ3n) is 5.44. The fourth-order valence-electron chi connectivity index (χ4n) is 3.46. The Morgan fingerprint density at radius 2 is 1.49 bits per heavy atom. The number of carbonyl (C=O) groups is 1. The number of nitrogens with one attached hydrogen (secondary N) is 1. The van der Waals surface area contributed by atoms with Gasteiger partial charge in [0.05, 0.1) is 16.8 Å². The monoisotopic (exact) mass is 512 g/mol. The molecule has 0 atom stereocenters. The molecule has 0 aliphatic carbocycles. The van der Waals surface area contributed by atoms with Gasteiger partial charge in [-0.05, 0) is 74.9 Å². The predicted molar refractivity (Wildman–Crippen MR) is 143 cm³/mol. The number of hydrogen-bond donors (Lipinski definition) is 1. The second kappa shape index (κ2) is 11.9. The Hall–Kier alpha value is -3.36. The second-order valence-electron chi connectivity index (χ2n) is 7.86. The van der Waals surface area contributed by atoms with Gasteiger partial charge < -0.3 is 4.90 Å². The first kappa shape index (κ1) is 26.2. The van der Waals surface area contributed by atoms with E-state index in [1.807, 2.05) is 31.2 Å². The van der Waals surface area contributed by atoms with Crippen molar-refractivity contribution in [2.24, 2.45) is 5.10 Å². The molecule has 0 radical (unpaired) electrons. The van der Waals surface area contributed by atoms with E-state index in [2.05, 4.69) is 29.3 Å².